The molecule has 1 aliphatic heterocycles. The van der Waals surface area contributed by atoms with E-state index in [1.165, 1.54) is 6.07 Å². The molecule has 1 amide bonds. The van der Waals surface area contributed by atoms with Gasteiger partial charge in [-0.1, -0.05) is 6.07 Å². The number of nitrogens with one attached hydrogen (secondary N) is 1. The first-order chi connectivity index (χ1) is 8.00. The average Bonchev–Trinajstić information content (AvgIpc) is 3.00. The quantitative estimate of drug-likeness (QED) is 0.862. The molecule has 0 atom stereocenters. The number of hydrogen-bond donors (Lipinski definition) is 1. The summed E-state index contributed by atoms with van der Waals surface area (Å²) in [5, 5.41) is 9.70. The molecule has 0 saturated carbocycles. The van der Waals surface area contributed by atoms with Gasteiger partial charge in [0.2, 0.25) is 5.91 Å². The molecule has 0 radical (unpaired) electrons. The van der Waals surface area contributed by atoms with E-state index in [4.69, 9.17) is 0 Å². The van der Waals surface area contributed by atoms with Crippen LogP contribution < -0.4 is 5.32 Å². The minimum atomic E-state index is -0.787. The maximum absolute atomic E-state index is 13.2. The van der Waals surface area contributed by atoms with E-state index in [1.807, 2.05) is 0 Å². The van der Waals surface area contributed by atoms with Crippen LogP contribution in [0.3, 0.4) is 0 Å². The number of para-hydroxylation sites is 1. The second-order valence-corrected chi connectivity index (χ2v) is 4.06. The summed E-state index contributed by atoms with van der Waals surface area (Å²) in [6.07, 6.45) is 0.562. The van der Waals surface area contributed by atoms with Gasteiger partial charge >= 0.3 is 0 Å². The van der Waals surface area contributed by atoms with E-state index in [0.29, 0.717) is 6.42 Å². The van der Waals surface area contributed by atoms with E-state index in [1.54, 1.807) is 6.92 Å². The maximum Gasteiger partial charge on any atom is 0.224 e. The Labute approximate surface area is 96.7 Å². The van der Waals surface area contributed by atoms with Crippen molar-refractivity contribution in [3.8, 4) is 0 Å². The van der Waals surface area contributed by atoms with Crippen LogP contribution in [0.1, 0.15) is 19.8 Å². The highest BCUT2D eigenvalue weighted by Crippen LogP contribution is 2.32. The molecule has 1 N–H and O–H groups in total. The monoisotopic (exact) mass is 239 g/mol. The zero-order valence-corrected chi connectivity index (χ0v) is 9.20. The Balaban J connectivity index is 1.93. The highest BCUT2D eigenvalue weighted by molar-refractivity contribution is 5.91. The Morgan fingerprint density at radius 3 is 2.47 bits per heavy atom. The van der Waals surface area contributed by atoms with Crippen molar-refractivity contribution in [2.75, 3.05) is 5.32 Å². The smallest absolute Gasteiger partial charge is 0.224 e. The number of rotatable bonds is 4. The Kier molecular flexibility index (Phi) is 2.87. The van der Waals surface area contributed by atoms with E-state index in [9.17, 15) is 13.6 Å². The number of halogens is 2. The van der Waals surface area contributed by atoms with Gasteiger partial charge in [0.05, 0.1) is 0 Å². The van der Waals surface area contributed by atoms with Crippen LogP contribution in [0.15, 0.2) is 28.4 Å². The topological polar surface area (TPSA) is 53.8 Å². The molecule has 17 heavy (non-hydrogen) atoms. The van der Waals surface area contributed by atoms with E-state index in [-0.39, 0.29) is 6.42 Å². The maximum atomic E-state index is 13.2. The summed E-state index contributed by atoms with van der Waals surface area (Å²) in [6.45, 7) is 1.78. The first-order valence-electron chi connectivity index (χ1n) is 5.18. The lowest BCUT2D eigenvalue weighted by molar-refractivity contribution is -0.116. The molecule has 0 saturated heterocycles. The summed E-state index contributed by atoms with van der Waals surface area (Å²) >= 11 is 0. The van der Waals surface area contributed by atoms with Gasteiger partial charge in [-0.3, -0.25) is 4.79 Å². The molecule has 1 heterocycles. The number of nitrogens with zero attached hydrogens (tertiary/aromatic N) is 2. The molecule has 0 fully saturated rings. The van der Waals surface area contributed by atoms with Crippen LogP contribution in [0.4, 0.5) is 14.5 Å². The van der Waals surface area contributed by atoms with Crippen molar-refractivity contribution in [2.24, 2.45) is 10.2 Å². The van der Waals surface area contributed by atoms with Gasteiger partial charge in [-0.25, -0.2) is 8.78 Å². The minimum absolute atomic E-state index is 0.122. The average molecular weight is 239 g/mol. The molecular weight excluding hydrogens is 228 g/mol. The molecule has 0 aromatic heterocycles. The van der Waals surface area contributed by atoms with Gasteiger partial charge in [0.25, 0.3) is 0 Å². The summed E-state index contributed by atoms with van der Waals surface area (Å²) in [6, 6.07) is 3.42. The molecule has 0 aliphatic carbocycles. The Morgan fingerprint density at radius 1 is 1.35 bits per heavy atom. The van der Waals surface area contributed by atoms with Crippen molar-refractivity contribution in [1.82, 2.24) is 0 Å². The highest BCUT2D eigenvalue weighted by atomic mass is 19.1. The van der Waals surface area contributed by atoms with Gasteiger partial charge in [-0.2, -0.15) is 10.2 Å². The lowest BCUT2D eigenvalue weighted by atomic mass is 10.1. The third-order valence-electron chi connectivity index (χ3n) is 2.49. The van der Waals surface area contributed by atoms with Crippen molar-refractivity contribution in [1.29, 1.82) is 0 Å². The zero-order valence-electron chi connectivity index (χ0n) is 9.20. The molecule has 1 aliphatic rings. The van der Waals surface area contributed by atoms with E-state index in [2.05, 4.69) is 15.5 Å². The van der Waals surface area contributed by atoms with Gasteiger partial charge in [0.15, 0.2) is 5.66 Å². The van der Waals surface area contributed by atoms with Crippen LogP contribution in [-0.4, -0.2) is 11.6 Å². The van der Waals surface area contributed by atoms with Gasteiger partial charge in [0, 0.05) is 12.8 Å². The standard InChI is InChI=1S/C11H11F2N3O/c1-11(15-16-11)6-5-9(17)14-10-7(12)3-2-4-8(10)13/h2-4H,5-6H2,1H3,(H,14,17). The van der Waals surface area contributed by atoms with Crippen LogP contribution in [-0.2, 0) is 4.79 Å². The van der Waals surface area contributed by atoms with Gasteiger partial charge in [0.1, 0.15) is 17.3 Å². The fraction of sp³-hybridized carbons (Fsp3) is 0.364. The molecule has 1 aromatic carbocycles. The SMILES string of the molecule is CC1(CCC(=O)Nc2c(F)cccc2F)N=N1. The minimum Gasteiger partial charge on any atom is -0.321 e. The van der Waals surface area contributed by atoms with Crippen LogP contribution in [0.5, 0.6) is 0 Å². The first kappa shape index (κ1) is 11.6. The van der Waals surface area contributed by atoms with Crippen molar-refractivity contribution in [3.63, 3.8) is 0 Å². The molecule has 0 bridgehead atoms. The van der Waals surface area contributed by atoms with Crippen molar-refractivity contribution < 1.29 is 13.6 Å². The Bertz CT molecular complexity index is 461. The molecule has 1 aromatic rings. The third kappa shape index (κ3) is 2.83. The lowest BCUT2D eigenvalue weighted by Gasteiger charge is -2.08. The van der Waals surface area contributed by atoms with Crippen LogP contribution >= 0.6 is 0 Å². The molecular formula is C11H11F2N3O. The molecule has 6 heteroatoms. The fourth-order valence-electron chi connectivity index (χ4n) is 1.35. The second-order valence-electron chi connectivity index (χ2n) is 4.06. The van der Waals surface area contributed by atoms with Crippen LogP contribution in [0.25, 0.3) is 0 Å². The number of amides is 1. The van der Waals surface area contributed by atoms with Crippen molar-refractivity contribution in [2.45, 2.75) is 25.4 Å². The van der Waals surface area contributed by atoms with Gasteiger partial charge < -0.3 is 5.32 Å². The first-order valence-corrected chi connectivity index (χ1v) is 5.18. The number of anilines is 1. The predicted molar refractivity (Wildman–Crippen MR) is 57.5 cm³/mol. The van der Waals surface area contributed by atoms with Crippen molar-refractivity contribution >= 4 is 11.6 Å². The molecule has 0 spiro atoms. The lowest BCUT2D eigenvalue weighted by Crippen LogP contribution is -2.17. The third-order valence-corrected chi connectivity index (χ3v) is 2.49. The summed E-state index contributed by atoms with van der Waals surface area (Å²) in [5.74, 6) is -2.02. The highest BCUT2D eigenvalue weighted by Gasteiger charge is 2.33. The zero-order chi connectivity index (χ0) is 12.5. The van der Waals surface area contributed by atoms with E-state index < -0.39 is 28.9 Å². The summed E-state index contributed by atoms with van der Waals surface area (Å²) < 4.78 is 26.4. The van der Waals surface area contributed by atoms with Crippen LogP contribution in [0.2, 0.25) is 0 Å². The normalized spacial score (nSPS) is 15.7. The van der Waals surface area contributed by atoms with E-state index >= 15 is 0 Å². The summed E-state index contributed by atoms with van der Waals surface area (Å²) in [5.41, 5.74) is -0.891. The predicted octanol–water partition coefficient (Wildman–Crippen LogP) is 2.87. The molecule has 4 nitrogen and oxygen atoms in total. The number of carbonyl (C=O) groups excluding carboxylic acids is 1. The number of carbonyl (C=O) groups is 1. The summed E-state index contributed by atoms with van der Waals surface area (Å²) in [7, 11) is 0. The molecule has 2 rings (SSSR count). The Hall–Kier alpha value is -1.85. The Morgan fingerprint density at radius 2 is 1.94 bits per heavy atom. The number of benzene rings is 1. The molecule has 90 valence electrons. The molecule has 0 unspecified atom stereocenters. The van der Waals surface area contributed by atoms with Gasteiger partial charge in [-0.15, -0.1) is 0 Å². The van der Waals surface area contributed by atoms with E-state index in [0.717, 1.165) is 12.1 Å². The van der Waals surface area contributed by atoms with Gasteiger partial charge in [-0.05, 0) is 19.1 Å². The number of hydrogen-bond acceptors (Lipinski definition) is 3. The van der Waals surface area contributed by atoms with Crippen molar-refractivity contribution in [3.05, 3.63) is 29.8 Å². The largest absolute Gasteiger partial charge is 0.321 e. The van der Waals surface area contributed by atoms with Crippen LogP contribution in [0, 0.1) is 11.6 Å². The fourth-order valence-corrected chi connectivity index (χ4v) is 1.35. The second kappa shape index (κ2) is 4.20. The summed E-state index contributed by atoms with van der Waals surface area (Å²) in [4.78, 5) is 11.5.